The van der Waals surface area contributed by atoms with Crippen LogP contribution < -0.4 is 5.73 Å². The monoisotopic (exact) mass is 241 g/mol. The van der Waals surface area contributed by atoms with Gasteiger partial charge < -0.3 is 5.73 Å². The summed E-state index contributed by atoms with van der Waals surface area (Å²) in [4.78, 5) is 0.200. The summed E-state index contributed by atoms with van der Waals surface area (Å²) in [6.45, 7) is 1.57. The molecule has 0 amide bonds. The highest BCUT2D eigenvalue weighted by molar-refractivity contribution is 7.89. The lowest BCUT2D eigenvalue weighted by molar-refractivity contribution is 0.448. The van der Waals surface area contributed by atoms with Gasteiger partial charge >= 0.3 is 0 Å². The summed E-state index contributed by atoms with van der Waals surface area (Å²) >= 11 is 0. The third kappa shape index (κ3) is 2.40. The highest BCUT2D eigenvalue weighted by atomic mass is 32.2. The molecule has 0 spiro atoms. The number of likely N-dealkylation sites (N-methyl/N-ethyl adjacent to an activating group) is 1. The van der Waals surface area contributed by atoms with Gasteiger partial charge in [-0.25, -0.2) is 8.42 Å². The Balaban J connectivity index is 3.09. The lowest BCUT2D eigenvalue weighted by atomic mass is 10.3. The predicted molar refractivity (Wildman–Crippen MR) is 62.8 cm³/mol. The number of nitrogens with one attached hydrogen (secondary N) is 1. The molecule has 1 atom stereocenters. The van der Waals surface area contributed by atoms with Crippen molar-refractivity contribution in [3.63, 3.8) is 0 Å². The third-order valence-electron chi connectivity index (χ3n) is 2.42. The van der Waals surface area contributed by atoms with E-state index < -0.39 is 16.1 Å². The van der Waals surface area contributed by atoms with Crippen LogP contribution in [0, 0.1) is 5.41 Å². The van der Waals surface area contributed by atoms with E-state index >= 15 is 0 Å². The molecule has 0 fully saturated rings. The molecule has 1 aromatic carbocycles. The molecular formula is C10H15N3O2S. The Hall–Kier alpha value is -1.40. The maximum atomic E-state index is 12.1. The highest BCUT2D eigenvalue weighted by Crippen LogP contribution is 2.15. The molecule has 6 heteroatoms. The number of nitrogens with zero attached hydrogens (tertiary/aromatic N) is 1. The van der Waals surface area contributed by atoms with E-state index in [1.807, 2.05) is 0 Å². The van der Waals surface area contributed by atoms with Gasteiger partial charge in [0.05, 0.1) is 10.9 Å². The summed E-state index contributed by atoms with van der Waals surface area (Å²) in [5.74, 6) is -0.179. The molecule has 88 valence electrons. The van der Waals surface area contributed by atoms with E-state index in [0.29, 0.717) is 0 Å². The van der Waals surface area contributed by atoms with E-state index in [-0.39, 0.29) is 10.7 Å². The fourth-order valence-electron chi connectivity index (χ4n) is 1.16. The van der Waals surface area contributed by atoms with Gasteiger partial charge in [0, 0.05) is 7.05 Å². The molecule has 0 saturated heterocycles. The number of sulfonamides is 1. The topological polar surface area (TPSA) is 87.2 Å². The molecule has 0 aromatic heterocycles. The van der Waals surface area contributed by atoms with E-state index in [2.05, 4.69) is 0 Å². The fraction of sp³-hybridized carbons (Fsp3) is 0.300. The molecule has 0 radical (unpaired) electrons. The van der Waals surface area contributed by atoms with Crippen molar-refractivity contribution < 1.29 is 8.42 Å². The van der Waals surface area contributed by atoms with Gasteiger partial charge in [0.1, 0.15) is 5.84 Å². The van der Waals surface area contributed by atoms with E-state index in [4.69, 9.17) is 11.1 Å². The largest absolute Gasteiger partial charge is 0.386 e. The van der Waals surface area contributed by atoms with Crippen molar-refractivity contribution in [3.05, 3.63) is 30.3 Å². The van der Waals surface area contributed by atoms with E-state index in [0.717, 1.165) is 4.31 Å². The summed E-state index contributed by atoms with van der Waals surface area (Å²) in [6, 6.07) is 7.42. The molecule has 1 rings (SSSR count). The molecule has 5 nitrogen and oxygen atoms in total. The molecule has 0 saturated carbocycles. The Morgan fingerprint density at radius 1 is 1.38 bits per heavy atom. The first-order valence-corrected chi connectivity index (χ1v) is 6.18. The molecule has 0 aliphatic heterocycles. The van der Waals surface area contributed by atoms with Crippen LogP contribution in [0.1, 0.15) is 6.92 Å². The van der Waals surface area contributed by atoms with Gasteiger partial charge in [-0.05, 0) is 19.1 Å². The van der Waals surface area contributed by atoms with Crippen LogP contribution in [0.5, 0.6) is 0 Å². The Bertz CT molecular complexity index is 470. The first kappa shape index (κ1) is 12.7. The third-order valence-corrected chi connectivity index (χ3v) is 4.36. The van der Waals surface area contributed by atoms with Crippen LogP contribution in [0.3, 0.4) is 0 Å². The Kier molecular flexibility index (Phi) is 3.66. The van der Waals surface area contributed by atoms with E-state index in [1.54, 1.807) is 25.1 Å². The first-order valence-electron chi connectivity index (χ1n) is 4.74. The average Bonchev–Trinajstić information content (AvgIpc) is 2.28. The predicted octanol–water partition coefficient (Wildman–Crippen LogP) is 0.632. The fourth-order valence-corrected chi connectivity index (χ4v) is 2.53. The van der Waals surface area contributed by atoms with Crippen molar-refractivity contribution in [2.24, 2.45) is 5.73 Å². The van der Waals surface area contributed by atoms with Crippen molar-refractivity contribution in [3.8, 4) is 0 Å². The SMILES string of the molecule is CC(C(=N)N)N(C)S(=O)(=O)c1ccccc1. The zero-order valence-corrected chi connectivity index (χ0v) is 10.0. The number of hydrogen-bond donors (Lipinski definition) is 2. The molecule has 0 heterocycles. The summed E-state index contributed by atoms with van der Waals surface area (Å²) < 4.78 is 25.2. The minimum absolute atomic E-state index is 0.179. The van der Waals surface area contributed by atoms with Gasteiger partial charge in [0.25, 0.3) is 0 Å². The van der Waals surface area contributed by atoms with Gasteiger partial charge in [-0.3, -0.25) is 5.41 Å². The zero-order chi connectivity index (χ0) is 12.3. The molecule has 3 N–H and O–H groups in total. The molecule has 1 aromatic rings. The summed E-state index contributed by atoms with van der Waals surface area (Å²) in [5.41, 5.74) is 5.29. The second-order valence-electron chi connectivity index (χ2n) is 3.47. The van der Waals surface area contributed by atoms with Gasteiger partial charge in [-0.1, -0.05) is 18.2 Å². The van der Waals surface area contributed by atoms with Crippen LogP contribution in [0.15, 0.2) is 35.2 Å². The number of benzene rings is 1. The summed E-state index contributed by atoms with van der Waals surface area (Å²) in [6.07, 6.45) is 0. The van der Waals surface area contributed by atoms with Gasteiger partial charge in [-0.15, -0.1) is 0 Å². The van der Waals surface area contributed by atoms with E-state index in [9.17, 15) is 8.42 Å². The van der Waals surface area contributed by atoms with Crippen molar-refractivity contribution in [2.75, 3.05) is 7.05 Å². The van der Waals surface area contributed by atoms with Crippen LogP contribution in [0.4, 0.5) is 0 Å². The van der Waals surface area contributed by atoms with Gasteiger partial charge in [0.15, 0.2) is 0 Å². The van der Waals surface area contributed by atoms with Gasteiger partial charge in [0.2, 0.25) is 10.0 Å². The second-order valence-corrected chi connectivity index (χ2v) is 5.46. The standard InChI is InChI=1S/C10H15N3O2S/c1-8(10(11)12)13(2)16(14,15)9-6-4-3-5-7-9/h3-8H,1-2H3,(H3,11,12). The Morgan fingerprint density at radius 3 is 2.31 bits per heavy atom. The molecular weight excluding hydrogens is 226 g/mol. The van der Waals surface area contributed by atoms with Crippen LogP contribution >= 0.6 is 0 Å². The summed E-state index contributed by atoms with van der Waals surface area (Å²) in [5, 5.41) is 7.24. The highest BCUT2D eigenvalue weighted by Gasteiger charge is 2.26. The molecule has 16 heavy (non-hydrogen) atoms. The second kappa shape index (κ2) is 4.63. The van der Waals surface area contributed by atoms with Crippen LogP contribution in [-0.2, 0) is 10.0 Å². The number of nitrogens with two attached hydrogens (primary N) is 1. The Morgan fingerprint density at radius 2 is 1.88 bits per heavy atom. The lowest BCUT2D eigenvalue weighted by Gasteiger charge is -2.23. The molecule has 0 aliphatic rings. The first-order chi connectivity index (χ1) is 7.37. The number of amidine groups is 1. The van der Waals surface area contributed by atoms with Crippen LogP contribution in [0.25, 0.3) is 0 Å². The van der Waals surface area contributed by atoms with Gasteiger partial charge in [-0.2, -0.15) is 4.31 Å². The van der Waals surface area contributed by atoms with Crippen molar-refractivity contribution in [1.82, 2.24) is 4.31 Å². The maximum absolute atomic E-state index is 12.1. The summed E-state index contributed by atoms with van der Waals surface area (Å²) in [7, 11) is -2.16. The van der Waals surface area contributed by atoms with E-state index in [1.165, 1.54) is 19.2 Å². The van der Waals surface area contributed by atoms with Crippen LogP contribution in [-0.4, -0.2) is 31.6 Å². The smallest absolute Gasteiger partial charge is 0.243 e. The number of rotatable bonds is 4. The number of hydrogen-bond acceptors (Lipinski definition) is 3. The molecule has 1 unspecified atom stereocenters. The van der Waals surface area contributed by atoms with Crippen molar-refractivity contribution >= 4 is 15.9 Å². The molecule has 0 aliphatic carbocycles. The Labute approximate surface area is 95.4 Å². The molecule has 0 bridgehead atoms. The zero-order valence-electron chi connectivity index (χ0n) is 9.21. The average molecular weight is 241 g/mol. The quantitative estimate of drug-likeness (QED) is 0.598. The lowest BCUT2D eigenvalue weighted by Crippen LogP contribution is -2.43. The van der Waals surface area contributed by atoms with Crippen molar-refractivity contribution in [1.29, 1.82) is 5.41 Å². The maximum Gasteiger partial charge on any atom is 0.243 e. The minimum atomic E-state index is -3.57. The minimum Gasteiger partial charge on any atom is -0.386 e. The van der Waals surface area contributed by atoms with Crippen LogP contribution in [0.2, 0.25) is 0 Å². The van der Waals surface area contributed by atoms with Crippen molar-refractivity contribution in [2.45, 2.75) is 17.9 Å². The normalized spacial score (nSPS) is 13.7.